The number of methoxy groups -OCH3 is 1. The van der Waals surface area contributed by atoms with Gasteiger partial charge in [0.05, 0.1) is 7.11 Å². The van der Waals surface area contributed by atoms with Crippen molar-refractivity contribution >= 4 is 22.5 Å². The van der Waals surface area contributed by atoms with Gasteiger partial charge in [0.25, 0.3) is 0 Å². The smallest absolute Gasteiger partial charge is 0.151 e. The summed E-state index contributed by atoms with van der Waals surface area (Å²) in [5.74, 6) is 0.766. The Morgan fingerprint density at radius 2 is 2.50 bits per heavy atom. The first-order chi connectivity index (χ1) is 4.88. The largest absolute Gasteiger partial charge is 0.494 e. The predicted molar refractivity (Wildman–Crippen MR) is 45.6 cm³/mol. The molecule has 1 heterocycles. The highest BCUT2D eigenvalue weighted by Crippen LogP contribution is 2.27. The maximum absolute atomic E-state index is 5.00. The molecule has 0 radical (unpaired) electrons. The van der Waals surface area contributed by atoms with Crippen LogP contribution in [0.2, 0.25) is 0 Å². The monoisotopic (exact) mass is 173 g/mol. The van der Waals surface area contributed by atoms with Crippen LogP contribution in [-0.2, 0) is 0 Å². The minimum atomic E-state index is 0.766. The first-order valence-electron chi connectivity index (χ1n) is 2.69. The number of hydrogen-bond acceptors (Lipinski definition) is 4. The number of thiol groups is 1. The molecule has 2 nitrogen and oxygen atoms in total. The lowest BCUT2D eigenvalue weighted by molar-refractivity contribution is 0.401. The zero-order chi connectivity index (χ0) is 7.40. The van der Waals surface area contributed by atoms with E-state index in [9.17, 15) is 0 Å². The maximum Gasteiger partial charge on any atom is 0.151 e. The minimum absolute atomic E-state index is 0.766. The molecular formula is C6H7NOS2. The molecule has 0 fully saturated rings. The summed E-state index contributed by atoms with van der Waals surface area (Å²) < 4.78 is 5.00. The molecule has 0 aliphatic carbocycles. The van der Waals surface area contributed by atoms with Gasteiger partial charge in [-0.25, -0.2) is 4.98 Å². The molecule has 0 aliphatic rings. The van der Waals surface area contributed by atoms with Crippen LogP contribution < -0.4 is 4.74 Å². The Balaban J connectivity index is 2.96. The molecule has 0 unspecified atom stereocenters. The van der Waals surface area contributed by atoms with Crippen molar-refractivity contribution in [1.29, 1.82) is 0 Å². The molecule has 1 aromatic rings. The van der Waals surface area contributed by atoms with Crippen LogP contribution in [0.1, 0.15) is 0 Å². The summed E-state index contributed by atoms with van der Waals surface area (Å²) in [5.41, 5.74) is 0. The van der Waals surface area contributed by atoms with Crippen LogP contribution in [0, 0.1) is 0 Å². The van der Waals surface area contributed by atoms with E-state index >= 15 is 0 Å². The Bertz CT molecular complexity index is 194. The number of pyridine rings is 1. The lowest BCUT2D eigenvalue weighted by atomic mass is 10.5. The van der Waals surface area contributed by atoms with Gasteiger partial charge >= 0.3 is 0 Å². The standard InChI is InChI=1S/C6H7NOS2/c1-8-5-3-2-4-7-6(5)10-9/h2-4,9H,1H3. The second-order valence-electron chi connectivity index (χ2n) is 1.60. The summed E-state index contributed by atoms with van der Waals surface area (Å²) in [7, 11) is 2.89. The Morgan fingerprint density at radius 3 is 3.00 bits per heavy atom. The van der Waals surface area contributed by atoms with Crippen LogP contribution in [0.15, 0.2) is 23.4 Å². The summed E-state index contributed by atoms with van der Waals surface area (Å²) in [6.07, 6.45) is 1.71. The number of hydrogen-bond donors (Lipinski definition) is 1. The summed E-state index contributed by atoms with van der Waals surface area (Å²) in [5, 5.41) is 0.799. The highest BCUT2D eigenvalue weighted by molar-refractivity contribution is 8.68. The van der Waals surface area contributed by atoms with Crippen molar-refractivity contribution in [2.45, 2.75) is 5.03 Å². The summed E-state index contributed by atoms with van der Waals surface area (Å²) in [4.78, 5) is 4.03. The number of rotatable bonds is 2. The molecule has 10 heavy (non-hydrogen) atoms. The highest BCUT2D eigenvalue weighted by atomic mass is 33.1. The zero-order valence-corrected chi connectivity index (χ0v) is 7.15. The average molecular weight is 173 g/mol. The maximum atomic E-state index is 5.00. The zero-order valence-electron chi connectivity index (χ0n) is 5.44. The fraction of sp³-hybridized carbons (Fsp3) is 0.167. The Morgan fingerprint density at radius 1 is 1.70 bits per heavy atom. The van der Waals surface area contributed by atoms with E-state index in [-0.39, 0.29) is 0 Å². The topological polar surface area (TPSA) is 22.1 Å². The molecule has 0 spiro atoms. The van der Waals surface area contributed by atoms with Crippen molar-refractivity contribution in [2.24, 2.45) is 0 Å². The van der Waals surface area contributed by atoms with Crippen molar-refractivity contribution in [3.8, 4) is 5.75 Å². The molecule has 0 atom stereocenters. The van der Waals surface area contributed by atoms with Crippen LogP contribution in [0.3, 0.4) is 0 Å². The van der Waals surface area contributed by atoms with Gasteiger partial charge in [0, 0.05) is 6.20 Å². The molecule has 0 N–H and O–H groups in total. The molecule has 0 saturated heterocycles. The number of ether oxygens (including phenoxy) is 1. The van der Waals surface area contributed by atoms with Crippen molar-refractivity contribution in [2.75, 3.05) is 7.11 Å². The molecule has 0 bridgehead atoms. The highest BCUT2D eigenvalue weighted by Gasteiger charge is 1.99. The van der Waals surface area contributed by atoms with E-state index in [1.54, 1.807) is 13.3 Å². The van der Waals surface area contributed by atoms with E-state index in [0.717, 1.165) is 10.8 Å². The van der Waals surface area contributed by atoms with E-state index in [1.165, 1.54) is 10.8 Å². The molecular weight excluding hydrogens is 166 g/mol. The third-order valence-corrected chi connectivity index (χ3v) is 2.04. The predicted octanol–water partition coefficient (Wildman–Crippen LogP) is 2.03. The van der Waals surface area contributed by atoms with Gasteiger partial charge in [-0.1, -0.05) is 0 Å². The average Bonchev–Trinajstić information content (AvgIpc) is 2.04. The van der Waals surface area contributed by atoms with Crippen LogP contribution in [0.25, 0.3) is 0 Å². The fourth-order valence-corrected chi connectivity index (χ4v) is 1.36. The van der Waals surface area contributed by atoms with Crippen molar-refractivity contribution < 1.29 is 4.74 Å². The number of aromatic nitrogens is 1. The lowest BCUT2D eigenvalue weighted by Crippen LogP contribution is -1.86. The first kappa shape index (κ1) is 7.75. The first-order valence-corrected chi connectivity index (χ1v) is 4.56. The molecule has 54 valence electrons. The third-order valence-electron chi connectivity index (χ3n) is 1.04. The SMILES string of the molecule is COc1cccnc1SS. The van der Waals surface area contributed by atoms with Crippen molar-refractivity contribution in [3.05, 3.63) is 18.3 Å². The molecule has 0 aromatic carbocycles. The minimum Gasteiger partial charge on any atom is -0.494 e. The van der Waals surface area contributed by atoms with Crippen molar-refractivity contribution in [3.63, 3.8) is 0 Å². The van der Waals surface area contributed by atoms with Crippen LogP contribution >= 0.6 is 22.5 Å². The van der Waals surface area contributed by atoms with Gasteiger partial charge in [0.1, 0.15) is 5.03 Å². The van der Waals surface area contributed by atoms with Crippen molar-refractivity contribution in [1.82, 2.24) is 4.98 Å². The summed E-state index contributed by atoms with van der Waals surface area (Å²) >= 11 is 4.01. The molecule has 4 heteroatoms. The molecule has 1 aromatic heterocycles. The van der Waals surface area contributed by atoms with E-state index < -0.39 is 0 Å². The van der Waals surface area contributed by atoms with Gasteiger partial charge in [0.15, 0.2) is 5.75 Å². The molecule has 0 saturated carbocycles. The third kappa shape index (κ3) is 1.58. The quantitative estimate of drug-likeness (QED) is 0.546. The van der Waals surface area contributed by atoms with Crippen LogP contribution in [0.4, 0.5) is 0 Å². The molecule has 1 rings (SSSR count). The van der Waals surface area contributed by atoms with Gasteiger partial charge in [-0.2, -0.15) is 0 Å². The van der Waals surface area contributed by atoms with Gasteiger partial charge in [-0.3, -0.25) is 0 Å². The molecule has 0 aliphatic heterocycles. The summed E-state index contributed by atoms with van der Waals surface area (Å²) in [6, 6.07) is 3.68. The van der Waals surface area contributed by atoms with Gasteiger partial charge in [-0.05, 0) is 22.9 Å². The van der Waals surface area contributed by atoms with E-state index in [4.69, 9.17) is 4.74 Å². The van der Waals surface area contributed by atoms with Gasteiger partial charge in [-0.15, -0.1) is 11.7 Å². The lowest BCUT2D eigenvalue weighted by Gasteiger charge is -2.01. The Labute approximate surface area is 68.8 Å². The summed E-state index contributed by atoms with van der Waals surface area (Å²) in [6.45, 7) is 0. The Kier molecular flexibility index (Phi) is 2.89. The van der Waals surface area contributed by atoms with Crippen LogP contribution in [0.5, 0.6) is 5.75 Å². The fourth-order valence-electron chi connectivity index (χ4n) is 0.600. The van der Waals surface area contributed by atoms with Gasteiger partial charge < -0.3 is 4.74 Å². The molecule has 0 amide bonds. The van der Waals surface area contributed by atoms with E-state index in [0.29, 0.717) is 0 Å². The number of nitrogens with zero attached hydrogens (tertiary/aromatic N) is 1. The van der Waals surface area contributed by atoms with Crippen LogP contribution in [-0.4, -0.2) is 12.1 Å². The van der Waals surface area contributed by atoms with E-state index in [2.05, 4.69) is 16.6 Å². The van der Waals surface area contributed by atoms with Gasteiger partial charge in [0.2, 0.25) is 0 Å². The second kappa shape index (κ2) is 3.73. The normalized spacial score (nSPS) is 9.40. The Hall–Kier alpha value is -0.350. The second-order valence-corrected chi connectivity index (χ2v) is 2.72. The van der Waals surface area contributed by atoms with E-state index in [1.807, 2.05) is 12.1 Å².